The van der Waals surface area contributed by atoms with Crippen molar-refractivity contribution in [2.45, 2.75) is 0 Å². The summed E-state index contributed by atoms with van der Waals surface area (Å²) < 4.78 is 2.65. The molecule has 262 valence electrons. The van der Waals surface area contributed by atoms with Crippen LogP contribution in [0.2, 0.25) is 0 Å². The van der Waals surface area contributed by atoms with Crippen LogP contribution in [-0.2, 0) is 0 Å². The van der Waals surface area contributed by atoms with E-state index in [0.717, 1.165) is 17.1 Å². The number of nitrogens with zero attached hydrogens (tertiary/aromatic N) is 1. The molecule has 0 spiro atoms. The smallest absolute Gasteiger partial charge is 0.0540 e. The van der Waals surface area contributed by atoms with Crippen molar-refractivity contribution in [3.8, 4) is 33.4 Å². The maximum absolute atomic E-state index is 2.44. The molecule has 1 nitrogen and oxygen atoms in total. The van der Waals surface area contributed by atoms with Crippen molar-refractivity contribution in [1.82, 2.24) is 0 Å². The van der Waals surface area contributed by atoms with Crippen molar-refractivity contribution in [3.05, 3.63) is 212 Å². The third-order valence-electron chi connectivity index (χ3n) is 11.2. The van der Waals surface area contributed by atoms with Crippen LogP contribution in [0.5, 0.6) is 0 Å². The molecule has 0 aliphatic carbocycles. The molecule has 1 heterocycles. The number of para-hydroxylation sites is 1. The second kappa shape index (κ2) is 13.4. The van der Waals surface area contributed by atoms with Gasteiger partial charge in [0.25, 0.3) is 0 Å². The van der Waals surface area contributed by atoms with E-state index in [9.17, 15) is 0 Å². The van der Waals surface area contributed by atoms with Crippen LogP contribution >= 0.6 is 11.3 Å². The molecule has 0 saturated heterocycles. The fourth-order valence-corrected chi connectivity index (χ4v) is 9.80. The Bertz CT molecular complexity index is 3260. The Morgan fingerprint density at radius 1 is 0.304 bits per heavy atom. The Balaban J connectivity index is 1.11. The molecule has 11 aromatic rings. The normalized spacial score (nSPS) is 11.6. The van der Waals surface area contributed by atoms with Gasteiger partial charge in [0.05, 0.1) is 5.69 Å². The maximum Gasteiger partial charge on any atom is 0.0540 e. The molecule has 10 aromatic carbocycles. The van der Waals surface area contributed by atoms with E-state index in [1.807, 2.05) is 11.3 Å². The van der Waals surface area contributed by atoms with Gasteiger partial charge in [0.15, 0.2) is 0 Å². The number of hydrogen-bond donors (Lipinski definition) is 0. The number of thiophene rings is 1. The molecule has 0 N–H and O–H groups in total. The summed E-state index contributed by atoms with van der Waals surface area (Å²) in [5.41, 5.74) is 10.6. The fraction of sp³-hybridized carbons (Fsp3) is 0. The van der Waals surface area contributed by atoms with Crippen molar-refractivity contribution in [2.24, 2.45) is 0 Å². The first-order valence-corrected chi connectivity index (χ1v) is 20.0. The number of benzene rings is 10. The molecule has 0 saturated carbocycles. The predicted molar refractivity (Wildman–Crippen MR) is 243 cm³/mol. The first-order valence-electron chi connectivity index (χ1n) is 19.2. The number of fused-ring (bicyclic) bond motifs is 7. The summed E-state index contributed by atoms with van der Waals surface area (Å²) >= 11 is 1.88. The SMILES string of the molecule is c1cc(-c2ccc3ccccc3c2)cc(N(c2ccc(-c3cccc4c3sc3ccccc34)cc2)c2ccccc2-c2cc3ccccc3c3ccccc23)c1. The zero-order chi connectivity index (χ0) is 37.0. The first kappa shape index (κ1) is 32.4. The second-order valence-corrected chi connectivity index (χ2v) is 15.5. The lowest BCUT2D eigenvalue weighted by molar-refractivity contribution is 1.28. The maximum atomic E-state index is 2.44. The summed E-state index contributed by atoms with van der Waals surface area (Å²) in [5.74, 6) is 0. The van der Waals surface area contributed by atoms with Crippen molar-refractivity contribution in [3.63, 3.8) is 0 Å². The van der Waals surface area contributed by atoms with Crippen molar-refractivity contribution >= 4 is 80.9 Å². The van der Waals surface area contributed by atoms with Crippen LogP contribution in [0.3, 0.4) is 0 Å². The van der Waals surface area contributed by atoms with E-state index in [0.29, 0.717) is 0 Å². The highest BCUT2D eigenvalue weighted by Gasteiger charge is 2.20. The zero-order valence-corrected chi connectivity index (χ0v) is 31.4. The standard InChI is InChI=1S/C54H35NS/c1-2-14-38-33-40(28-27-36(38)13-1)39-16-11-17-43(34-39)55(42-31-29-37(30-32-42)45-23-12-24-50-49-22-8-10-26-53(49)56-54(45)50)52-25-9-7-21-48(52)51-35-41-15-3-4-18-44(41)46-19-5-6-20-47(46)51/h1-35H. The van der Waals surface area contributed by atoms with Crippen LogP contribution in [-0.4, -0.2) is 0 Å². The molecular weight excluding hydrogens is 695 g/mol. The molecule has 0 amide bonds. The Labute approximate surface area is 330 Å². The minimum atomic E-state index is 1.10. The Morgan fingerprint density at radius 3 is 1.80 bits per heavy atom. The van der Waals surface area contributed by atoms with Gasteiger partial charge in [-0.15, -0.1) is 11.3 Å². The van der Waals surface area contributed by atoms with E-state index in [2.05, 4.69) is 217 Å². The molecule has 0 aliphatic heterocycles. The quantitative estimate of drug-likeness (QED) is 0.154. The van der Waals surface area contributed by atoms with Crippen LogP contribution < -0.4 is 4.90 Å². The molecule has 2 heteroatoms. The summed E-state index contributed by atoms with van der Waals surface area (Å²) in [6, 6.07) is 77.8. The van der Waals surface area contributed by atoms with Gasteiger partial charge in [-0.05, 0) is 109 Å². The van der Waals surface area contributed by atoms with E-state index >= 15 is 0 Å². The van der Waals surface area contributed by atoms with Crippen molar-refractivity contribution < 1.29 is 0 Å². The van der Waals surface area contributed by atoms with Gasteiger partial charge in [0, 0.05) is 37.1 Å². The molecule has 56 heavy (non-hydrogen) atoms. The summed E-state index contributed by atoms with van der Waals surface area (Å²) in [4.78, 5) is 2.44. The molecule has 0 unspecified atom stereocenters. The van der Waals surface area contributed by atoms with E-state index in [-0.39, 0.29) is 0 Å². The van der Waals surface area contributed by atoms with Gasteiger partial charge in [-0.3, -0.25) is 0 Å². The lowest BCUT2D eigenvalue weighted by Gasteiger charge is -2.29. The number of rotatable bonds is 6. The topological polar surface area (TPSA) is 3.24 Å². The Morgan fingerprint density at radius 2 is 0.929 bits per heavy atom. The van der Waals surface area contributed by atoms with Gasteiger partial charge >= 0.3 is 0 Å². The van der Waals surface area contributed by atoms with Gasteiger partial charge < -0.3 is 4.90 Å². The first-order chi connectivity index (χ1) is 27.8. The van der Waals surface area contributed by atoms with Gasteiger partial charge in [-0.1, -0.05) is 164 Å². The highest BCUT2D eigenvalue weighted by Crippen LogP contribution is 2.46. The highest BCUT2D eigenvalue weighted by atomic mass is 32.1. The van der Waals surface area contributed by atoms with Gasteiger partial charge in [-0.2, -0.15) is 0 Å². The van der Waals surface area contributed by atoms with E-state index in [1.165, 1.54) is 85.9 Å². The molecule has 0 bridgehead atoms. The van der Waals surface area contributed by atoms with E-state index in [1.54, 1.807) is 0 Å². The Hall–Kier alpha value is -7.00. The fourth-order valence-electron chi connectivity index (χ4n) is 8.56. The molecule has 0 fully saturated rings. The van der Waals surface area contributed by atoms with Crippen LogP contribution in [0.4, 0.5) is 17.1 Å². The monoisotopic (exact) mass is 729 g/mol. The largest absolute Gasteiger partial charge is 0.310 e. The summed E-state index contributed by atoms with van der Waals surface area (Å²) in [7, 11) is 0. The second-order valence-electron chi connectivity index (χ2n) is 14.5. The highest BCUT2D eigenvalue weighted by molar-refractivity contribution is 7.26. The van der Waals surface area contributed by atoms with Crippen LogP contribution in [0.1, 0.15) is 0 Å². The van der Waals surface area contributed by atoms with Gasteiger partial charge in [0.1, 0.15) is 0 Å². The lowest BCUT2D eigenvalue weighted by Crippen LogP contribution is -2.11. The number of hydrogen-bond acceptors (Lipinski definition) is 2. The molecule has 11 rings (SSSR count). The summed E-state index contributed by atoms with van der Waals surface area (Å²) in [5, 5.41) is 10.1. The average Bonchev–Trinajstić information content (AvgIpc) is 3.66. The van der Waals surface area contributed by atoms with Crippen LogP contribution in [0, 0.1) is 0 Å². The minimum Gasteiger partial charge on any atom is -0.310 e. The molecule has 0 aliphatic rings. The average molecular weight is 730 g/mol. The summed E-state index contributed by atoms with van der Waals surface area (Å²) in [6.45, 7) is 0. The molecule has 1 aromatic heterocycles. The molecular formula is C54H35NS. The summed E-state index contributed by atoms with van der Waals surface area (Å²) in [6.07, 6.45) is 0. The predicted octanol–water partition coefficient (Wildman–Crippen LogP) is 16.0. The van der Waals surface area contributed by atoms with Crippen molar-refractivity contribution in [2.75, 3.05) is 4.90 Å². The van der Waals surface area contributed by atoms with E-state index in [4.69, 9.17) is 0 Å². The minimum absolute atomic E-state index is 1.10. The molecule has 0 radical (unpaired) electrons. The molecule has 0 atom stereocenters. The van der Waals surface area contributed by atoms with Crippen molar-refractivity contribution in [1.29, 1.82) is 0 Å². The number of anilines is 3. The van der Waals surface area contributed by atoms with Crippen LogP contribution in [0.25, 0.3) is 85.9 Å². The third-order valence-corrected chi connectivity index (χ3v) is 12.5. The van der Waals surface area contributed by atoms with Crippen LogP contribution in [0.15, 0.2) is 212 Å². The van der Waals surface area contributed by atoms with Gasteiger partial charge in [-0.25, -0.2) is 0 Å². The third kappa shape index (κ3) is 5.46. The Kier molecular flexibility index (Phi) is 7.75. The lowest BCUT2D eigenvalue weighted by atomic mass is 9.92. The zero-order valence-electron chi connectivity index (χ0n) is 30.6. The van der Waals surface area contributed by atoms with Gasteiger partial charge in [0.2, 0.25) is 0 Å². The van der Waals surface area contributed by atoms with E-state index < -0.39 is 0 Å².